The molecule has 9 heteroatoms. The Bertz CT molecular complexity index is 792. The van der Waals surface area contributed by atoms with Crippen LogP contribution in [0.4, 0.5) is 30.7 Å². The Kier molecular flexibility index (Phi) is 4.58. The molecule has 0 radical (unpaired) electrons. The summed E-state index contributed by atoms with van der Waals surface area (Å²) < 4.78 is 99.7. The average molecular weight is 336 g/mol. The summed E-state index contributed by atoms with van der Waals surface area (Å²) in [4.78, 5) is 0. The topological polar surface area (TPSA) is 9.23 Å². The van der Waals surface area contributed by atoms with Crippen molar-refractivity contribution in [2.24, 2.45) is 0 Å². The molecule has 0 aromatic heterocycles. The third kappa shape index (κ3) is 2.75. The first-order valence-electron chi connectivity index (χ1n) is 6.22. The number of hydrogen-bond donors (Lipinski definition) is 0. The zero-order valence-electron chi connectivity index (χ0n) is 11.8. The Labute approximate surface area is 126 Å². The van der Waals surface area contributed by atoms with E-state index < -0.39 is 64.7 Å². The highest BCUT2D eigenvalue weighted by Gasteiger charge is 2.29. The van der Waals surface area contributed by atoms with Crippen molar-refractivity contribution >= 4 is 18.2 Å². The predicted molar refractivity (Wildman–Crippen MR) is 70.3 cm³/mol. The maximum absolute atomic E-state index is 14.0. The van der Waals surface area contributed by atoms with Gasteiger partial charge in [0, 0.05) is 0 Å². The van der Waals surface area contributed by atoms with E-state index in [4.69, 9.17) is 0 Å². The van der Waals surface area contributed by atoms with Crippen molar-refractivity contribution in [3.63, 3.8) is 0 Å². The Hall–Kier alpha value is -2.19. The zero-order valence-corrected chi connectivity index (χ0v) is 11.8. The van der Waals surface area contributed by atoms with Crippen LogP contribution in [0.15, 0.2) is 6.07 Å². The summed E-state index contributed by atoms with van der Waals surface area (Å²) in [5.41, 5.74) is -2.55. The summed E-state index contributed by atoms with van der Waals surface area (Å²) in [6.45, 7) is 1.09. The molecule has 0 N–H and O–H groups in total. The second-order valence-electron chi connectivity index (χ2n) is 4.73. The number of benzene rings is 2. The lowest BCUT2D eigenvalue weighted by Crippen LogP contribution is -2.38. The summed E-state index contributed by atoms with van der Waals surface area (Å²) in [5, 5.41) is 0. The van der Waals surface area contributed by atoms with E-state index in [-0.39, 0.29) is 5.56 Å². The Morgan fingerprint density at radius 3 is 1.87 bits per heavy atom. The third-order valence-corrected chi connectivity index (χ3v) is 3.31. The summed E-state index contributed by atoms with van der Waals surface area (Å²) in [5.74, 6) is -13.2. The second kappa shape index (κ2) is 6.13. The van der Waals surface area contributed by atoms with Crippen LogP contribution in [0.3, 0.4) is 0 Å². The Morgan fingerprint density at radius 1 is 0.739 bits per heavy atom. The lowest BCUT2D eigenvalue weighted by molar-refractivity contribution is 0.338. The van der Waals surface area contributed by atoms with Gasteiger partial charge in [0.15, 0.2) is 34.8 Å². The SMILES string of the molecule is COc1c(F)c(F)c(F)c(Bc2c(F)cc(C)c(F)c2F)c1F. The van der Waals surface area contributed by atoms with E-state index in [1.165, 1.54) is 0 Å². The molecule has 0 spiro atoms. The first-order valence-corrected chi connectivity index (χ1v) is 6.22. The van der Waals surface area contributed by atoms with E-state index in [0.29, 0.717) is 6.07 Å². The van der Waals surface area contributed by atoms with Crippen molar-refractivity contribution in [1.29, 1.82) is 0 Å². The molecule has 0 aliphatic carbocycles. The zero-order chi connectivity index (χ0) is 17.5. The van der Waals surface area contributed by atoms with Gasteiger partial charge in [0.05, 0.1) is 7.11 Å². The van der Waals surface area contributed by atoms with Gasteiger partial charge in [0.1, 0.15) is 5.82 Å². The highest BCUT2D eigenvalue weighted by atomic mass is 19.2. The molecule has 23 heavy (non-hydrogen) atoms. The van der Waals surface area contributed by atoms with Crippen molar-refractivity contribution in [1.82, 2.24) is 0 Å². The maximum Gasteiger partial charge on any atom is 0.208 e. The number of halogens is 7. The normalized spacial score (nSPS) is 10.8. The smallest absolute Gasteiger partial charge is 0.208 e. The molecule has 2 aromatic carbocycles. The van der Waals surface area contributed by atoms with Gasteiger partial charge in [-0.2, -0.15) is 4.39 Å². The van der Waals surface area contributed by atoms with Gasteiger partial charge in [0.2, 0.25) is 13.1 Å². The summed E-state index contributed by atoms with van der Waals surface area (Å²) >= 11 is 0. The molecule has 2 rings (SSSR count). The fraction of sp³-hybridized carbons (Fsp3) is 0.143. The van der Waals surface area contributed by atoms with Crippen molar-refractivity contribution in [2.75, 3.05) is 7.11 Å². The third-order valence-electron chi connectivity index (χ3n) is 3.31. The number of methoxy groups -OCH3 is 1. The van der Waals surface area contributed by atoms with Crippen LogP contribution >= 0.6 is 0 Å². The molecule has 0 saturated carbocycles. The van der Waals surface area contributed by atoms with Crippen LogP contribution in [0.25, 0.3) is 0 Å². The molecule has 0 amide bonds. The molecule has 0 bridgehead atoms. The van der Waals surface area contributed by atoms with E-state index in [2.05, 4.69) is 4.74 Å². The molecule has 0 atom stereocenters. The Morgan fingerprint density at radius 2 is 1.30 bits per heavy atom. The van der Waals surface area contributed by atoms with Crippen LogP contribution in [0, 0.1) is 47.6 Å². The van der Waals surface area contributed by atoms with E-state index in [9.17, 15) is 30.7 Å². The van der Waals surface area contributed by atoms with Gasteiger partial charge in [-0.25, -0.2) is 26.3 Å². The number of aryl methyl sites for hydroxylation is 1. The maximum atomic E-state index is 14.0. The van der Waals surface area contributed by atoms with Crippen LogP contribution in [-0.2, 0) is 0 Å². The van der Waals surface area contributed by atoms with Crippen molar-refractivity contribution < 1.29 is 35.5 Å². The quantitative estimate of drug-likeness (QED) is 0.362. The molecule has 2 aromatic rings. The molecule has 0 heterocycles. The summed E-state index contributed by atoms with van der Waals surface area (Å²) in [7, 11) is -0.366. The Balaban J connectivity index is 2.67. The van der Waals surface area contributed by atoms with Crippen LogP contribution < -0.4 is 15.7 Å². The van der Waals surface area contributed by atoms with Crippen molar-refractivity contribution in [2.45, 2.75) is 6.92 Å². The van der Waals surface area contributed by atoms with Crippen molar-refractivity contribution in [3.05, 3.63) is 52.4 Å². The molecular weight excluding hydrogens is 328 g/mol. The number of rotatable bonds is 3. The molecule has 0 fully saturated rings. The van der Waals surface area contributed by atoms with E-state index >= 15 is 0 Å². The minimum absolute atomic E-state index is 0.354. The fourth-order valence-corrected chi connectivity index (χ4v) is 2.08. The molecule has 122 valence electrons. The van der Waals surface area contributed by atoms with Crippen molar-refractivity contribution in [3.8, 4) is 5.75 Å². The molecule has 0 saturated heterocycles. The van der Waals surface area contributed by atoms with Gasteiger partial charge in [-0.15, -0.1) is 0 Å². The molecule has 0 aliphatic heterocycles. The predicted octanol–water partition coefficient (Wildman–Crippen LogP) is 2.36. The molecule has 0 unspecified atom stereocenters. The van der Waals surface area contributed by atoms with Crippen LogP contribution in [0.2, 0.25) is 0 Å². The number of ether oxygens (including phenoxy) is 1. The van der Waals surface area contributed by atoms with Gasteiger partial charge in [0.25, 0.3) is 0 Å². The first-order chi connectivity index (χ1) is 10.7. The lowest BCUT2D eigenvalue weighted by atomic mass is 9.62. The van der Waals surface area contributed by atoms with Gasteiger partial charge in [-0.05, 0) is 29.5 Å². The number of hydrogen-bond acceptors (Lipinski definition) is 1. The molecule has 0 aliphatic rings. The standard InChI is InChI=1S/C14H8BF7O/c1-4-3-5(16)6(9(18)8(4)17)15-7-10(19)12(21)13(22)14(23-2)11(7)20/h3,15H,1-2H3. The molecule has 1 nitrogen and oxygen atoms in total. The fourth-order valence-electron chi connectivity index (χ4n) is 2.08. The van der Waals surface area contributed by atoms with E-state index in [1.54, 1.807) is 0 Å². The van der Waals surface area contributed by atoms with Crippen LogP contribution in [0.1, 0.15) is 5.56 Å². The largest absolute Gasteiger partial charge is 0.491 e. The van der Waals surface area contributed by atoms with Crippen LogP contribution in [0.5, 0.6) is 5.75 Å². The van der Waals surface area contributed by atoms with Crippen LogP contribution in [-0.4, -0.2) is 14.4 Å². The lowest BCUT2D eigenvalue weighted by Gasteiger charge is -2.12. The minimum atomic E-state index is -2.06. The van der Waals surface area contributed by atoms with Gasteiger partial charge >= 0.3 is 0 Å². The van der Waals surface area contributed by atoms with Gasteiger partial charge < -0.3 is 4.74 Å². The summed E-state index contributed by atoms with van der Waals surface area (Å²) in [6, 6.07) is 0.626. The monoisotopic (exact) mass is 336 g/mol. The minimum Gasteiger partial charge on any atom is -0.491 e. The first kappa shape index (κ1) is 17.2. The second-order valence-corrected chi connectivity index (χ2v) is 4.73. The molecular formula is C14H8BF7O. The van der Waals surface area contributed by atoms with E-state index in [0.717, 1.165) is 14.0 Å². The summed E-state index contributed by atoms with van der Waals surface area (Å²) in [6.07, 6.45) is 0. The highest BCUT2D eigenvalue weighted by Crippen LogP contribution is 2.24. The van der Waals surface area contributed by atoms with E-state index in [1.807, 2.05) is 0 Å². The van der Waals surface area contributed by atoms with Gasteiger partial charge in [-0.1, -0.05) is 0 Å². The average Bonchev–Trinajstić information content (AvgIpc) is 2.50. The highest BCUT2D eigenvalue weighted by molar-refractivity contribution is 6.67. The van der Waals surface area contributed by atoms with Gasteiger partial charge in [-0.3, -0.25) is 0 Å².